The molecule has 1 amide bonds. The number of nitrogens with one attached hydrogen (secondary N) is 2. The fourth-order valence-electron chi connectivity index (χ4n) is 2.64. The predicted molar refractivity (Wildman–Crippen MR) is 122 cm³/mol. The van der Waals surface area contributed by atoms with Gasteiger partial charge in [0.05, 0.1) is 18.1 Å². The van der Waals surface area contributed by atoms with Crippen molar-refractivity contribution in [2.75, 3.05) is 26.3 Å². The van der Waals surface area contributed by atoms with E-state index in [1.807, 2.05) is 18.2 Å². The Kier molecular flexibility index (Phi) is 10.3. The van der Waals surface area contributed by atoms with E-state index in [2.05, 4.69) is 10.0 Å². The van der Waals surface area contributed by atoms with Gasteiger partial charge in [-0.3, -0.25) is 4.79 Å². The van der Waals surface area contributed by atoms with Crippen LogP contribution in [0, 0.1) is 0 Å². The second-order valence-electron chi connectivity index (χ2n) is 6.56. The normalized spacial score (nSPS) is 11.8. The van der Waals surface area contributed by atoms with E-state index >= 15 is 0 Å². The third-order valence-electron chi connectivity index (χ3n) is 4.13. The summed E-state index contributed by atoms with van der Waals surface area (Å²) in [7, 11) is -7.50. The highest BCUT2D eigenvalue weighted by Gasteiger charge is 2.33. The molecule has 0 aliphatic heterocycles. The molecule has 9 nitrogen and oxygen atoms in total. The number of unbranched alkanes of at least 4 members (excludes halogenated alkanes) is 1. The molecule has 0 aliphatic rings. The Bertz CT molecular complexity index is 989. The number of carbonyl (C=O) groups is 1. The minimum Gasteiger partial charge on any atom is -0.457 e. The fraction of sp³-hybridized carbons (Fsp3) is 0.381. The zero-order valence-electron chi connectivity index (χ0n) is 18.2. The predicted octanol–water partition coefficient (Wildman–Crippen LogP) is 4.51. The molecule has 0 heterocycles. The van der Waals surface area contributed by atoms with E-state index in [0.29, 0.717) is 24.3 Å². The summed E-state index contributed by atoms with van der Waals surface area (Å²) in [5.41, 5.74) is -0.792. The van der Waals surface area contributed by atoms with Gasteiger partial charge in [-0.1, -0.05) is 18.2 Å². The maximum Gasteiger partial charge on any atom is 0.418 e. The molecule has 0 radical (unpaired) electrons. The standard InChI is InChI=1S/C21H29N2O7PS/c1-3-28-31(25,29-4-2)21(24)22-16-8-9-17-23-32(26,27)20-14-12-19(13-15-20)30-18-10-6-5-7-11-18/h5-7,10-15,23H,3-4,8-9,16-17H2,1-2H3,(H,22,24). The number of benzene rings is 2. The maximum absolute atomic E-state index is 12.4. The van der Waals surface area contributed by atoms with Crippen LogP contribution in [-0.4, -0.2) is 40.4 Å². The molecule has 0 fully saturated rings. The average Bonchev–Trinajstić information content (AvgIpc) is 2.77. The van der Waals surface area contributed by atoms with Gasteiger partial charge in [-0.25, -0.2) is 17.7 Å². The minimum absolute atomic E-state index is 0.0891. The van der Waals surface area contributed by atoms with Gasteiger partial charge >= 0.3 is 13.2 Å². The Labute approximate surface area is 189 Å². The zero-order chi connectivity index (χ0) is 23.5. The highest BCUT2D eigenvalue weighted by molar-refractivity contribution is 7.89. The van der Waals surface area contributed by atoms with Crippen molar-refractivity contribution < 1.29 is 31.6 Å². The first-order chi connectivity index (χ1) is 15.3. The van der Waals surface area contributed by atoms with Crippen LogP contribution in [0.2, 0.25) is 0 Å². The van der Waals surface area contributed by atoms with E-state index in [1.165, 1.54) is 12.1 Å². The van der Waals surface area contributed by atoms with Gasteiger partial charge in [-0.2, -0.15) is 0 Å². The van der Waals surface area contributed by atoms with Crippen LogP contribution in [0.15, 0.2) is 59.5 Å². The van der Waals surface area contributed by atoms with Crippen molar-refractivity contribution in [2.45, 2.75) is 31.6 Å². The Morgan fingerprint density at radius 2 is 1.44 bits per heavy atom. The Balaban J connectivity index is 1.75. The van der Waals surface area contributed by atoms with Crippen LogP contribution in [0.4, 0.5) is 4.79 Å². The molecule has 2 N–H and O–H groups in total. The van der Waals surface area contributed by atoms with Crippen molar-refractivity contribution in [1.82, 2.24) is 10.0 Å². The molecular weight excluding hydrogens is 455 g/mol. The lowest BCUT2D eigenvalue weighted by atomic mass is 10.3. The minimum atomic E-state index is -3.83. The van der Waals surface area contributed by atoms with Gasteiger partial charge in [0.1, 0.15) is 11.5 Å². The summed E-state index contributed by atoms with van der Waals surface area (Å²) in [5, 5.41) is 2.51. The van der Waals surface area contributed by atoms with E-state index in [0.717, 1.165) is 0 Å². The first-order valence-electron chi connectivity index (χ1n) is 10.3. The van der Waals surface area contributed by atoms with Crippen LogP contribution in [0.25, 0.3) is 0 Å². The molecule has 0 bridgehead atoms. The van der Waals surface area contributed by atoms with Crippen LogP contribution in [-0.2, 0) is 23.6 Å². The number of ether oxygens (including phenoxy) is 1. The van der Waals surface area contributed by atoms with Crippen LogP contribution in [0.5, 0.6) is 11.5 Å². The molecule has 32 heavy (non-hydrogen) atoms. The van der Waals surface area contributed by atoms with Gasteiger partial charge in [0.2, 0.25) is 10.0 Å². The molecule has 2 aromatic rings. The lowest BCUT2D eigenvalue weighted by molar-refractivity contribution is 0.207. The van der Waals surface area contributed by atoms with E-state index in [9.17, 15) is 17.8 Å². The topological polar surface area (TPSA) is 120 Å². The Morgan fingerprint density at radius 1 is 0.875 bits per heavy atom. The van der Waals surface area contributed by atoms with Gasteiger partial charge in [0, 0.05) is 13.1 Å². The number of sulfonamides is 1. The molecule has 0 saturated heterocycles. The third kappa shape index (κ3) is 8.03. The highest BCUT2D eigenvalue weighted by Crippen LogP contribution is 2.48. The molecule has 0 aliphatic carbocycles. The van der Waals surface area contributed by atoms with Crippen LogP contribution < -0.4 is 14.8 Å². The molecule has 0 unspecified atom stereocenters. The summed E-state index contributed by atoms with van der Waals surface area (Å²) in [6, 6.07) is 15.3. The van der Waals surface area contributed by atoms with Gasteiger partial charge in [-0.05, 0) is 63.1 Å². The summed E-state index contributed by atoms with van der Waals surface area (Å²) >= 11 is 0. The summed E-state index contributed by atoms with van der Waals surface area (Å²) < 4.78 is 55.3. The average molecular weight is 485 g/mol. The molecule has 0 aromatic heterocycles. The van der Waals surface area contributed by atoms with Gasteiger partial charge < -0.3 is 19.1 Å². The number of para-hydroxylation sites is 1. The summed E-state index contributed by atoms with van der Waals surface area (Å²) in [5.74, 6) is 1.19. The maximum atomic E-state index is 12.4. The van der Waals surface area contributed by atoms with Crippen molar-refractivity contribution in [1.29, 1.82) is 0 Å². The van der Waals surface area contributed by atoms with Gasteiger partial charge in [0.25, 0.3) is 0 Å². The number of carbonyl (C=O) groups excluding carboxylic acids is 1. The lowest BCUT2D eigenvalue weighted by Gasteiger charge is -2.16. The first-order valence-corrected chi connectivity index (χ1v) is 13.3. The quantitative estimate of drug-likeness (QED) is 0.299. The molecule has 11 heteroatoms. The third-order valence-corrected chi connectivity index (χ3v) is 7.46. The van der Waals surface area contributed by atoms with Gasteiger partial charge in [0.15, 0.2) is 0 Å². The molecule has 2 rings (SSSR count). The van der Waals surface area contributed by atoms with Crippen molar-refractivity contribution in [3.8, 4) is 11.5 Å². The second-order valence-corrected chi connectivity index (χ2v) is 10.2. The van der Waals surface area contributed by atoms with E-state index in [1.54, 1.807) is 38.1 Å². The largest absolute Gasteiger partial charge is 0.457 e. The SMILES string of the molecule is CCOP(=O)(OCC)C(=O)NCCCCNS(=O)(=O)c1ccc(Oc2ccccc2)cc1. The van der Waals surface area contributed by atoms with Crippen LogP contribution in [0.3, 0.4) is 0 Å². The smallest absolute Gasteiger partial charge is 0.418 e. The van der Waals surface area contributed by atoms with Crippen molar-refractivity contribution in [2.24, 2.45) is 0 Å². The Morgan fingerprint density at radius 3 is 2.03 bits per heavy atom. The Hall–Kier alpha value is -2.23. The summed E-state index contributed by atoms with van der Waals surface area (Å²) in [4.78, 5) is 12.1. The fourth-order valence-corrected chi connectivity index (χ4v) is 5.01. The number of amides is 1. The molecule has 2 aromatic carbocycles. The number of rotatable bonds is 14. The molecule has 0 saturated carbocycles. The molecular formula is C21H29N2O7PS. The number of hydrogen-bond acceptors (Lipinski definition) is 7. The number of hydrogen-bond donors (Lipinski definition) is 2. The van der Waals surface area contributed by atoms with Crippen molar-refractivity contribution in [3.63, 3.8) is 0 Å². The van der Waals surface area contributed by atoms with Gasteiger partial charge in [-0.15, -0.1) is 0 Å². The lowest BCUT2D eigenvalue weighted by Crippen LogP contribution is -2.27. The molecule has 0 spiro atoms. The van der Waals surface area contributed by atoms with E-state index in [-0.39, 0.29) is 31.2 Å². The van der Waals surface area contributed by atoms with Crippen LogP contribution >= 0.6 is 7.60 Å². The van der Waals surface area contributed by atoms with E-state index < -0.39 is 23.3 Å². The first kappa shape index (κ1) is 26.0. The second kappa shape index (κ2) is 12.7. The van der Waals surface area contributed by atoms with E-state index in [4.69, 9.17) is 13.8 Å². The van der Waals surface area contributed by atoms with Crippen molar-refractivity contribution in [3.05, 3.63) is 54.6 Å². The highest BCUT2D eigenvalue weighted by atomic mass is 32.2. The summed E-state index contributed by atoms with van der Waals surface area (Å²) in [6.45, 7) is 3.83. The molecule has 176 valence electrons. The van der Waals surface area contributed by atoms with Crippen molar-refractivity contribution >= 4 is 23.3 Å². The van der Waals surface area contributed by atoms with Crippen LogP contribution in [0.1, 0.15) is 26.7 Å². The zero-order valence-corrected chi connectivity index (χ0v) is 19.9. The summed E-state index contributed by atoms with van der Waals surface area (Å²) in [6.07, 6.45) is 0.957. The molecule has 0 atom stereocenters. The monoisotopic (exact) mass is 484 g/mol.